The number of fused-ring (bicyclic) bond motifs is 1. The number of ether oxygens (including phenoxy) is 13. The number of phenolic OH excluding ortho intramolecular Hbond substituents is 1. The third-order valence-electron chi connectivity index (χ3n) is 10.8. The van der Waals surface area contributed by atoms with Gasteiger partial charge < -0.3 is 82.6 Å². The molecular formula is C49H77N3O21S. The van der Waals surface area contributed by atoms with Crippen molar-refractivity contribution in [3.63, 3.8) is 0 Å². The van der Waals surface area contributed by atoms with Crippen molar-refractivity contribution in [2.24, 2.45) is 0 Å². The number of benzene rings is 1. The van der Waals surface area contributed by atoms with Gasteiger partial charge in [-0.2, -0.15) is 11.8 Å². The maximum absolute atomic E-state index is 12.5. The third kappa shape index (κ3) is 28.7. The van der Waals surface area contributed by atoms with Crippen LogP contribution < -0.4 is 16.0 Å². The van der Waals surface area contributed by atoms with E-state index in [1.807, 2.05) is 12.1 Å². The summed E-state index contributed by atoms with van der Waals surface area (Å²) in [4.78, 5) is 85.5. The molecule has 74 heavy (non-hydrogen) atoms. The van der Waals surface area contributed by atoms with Crippen molar-refractivity contribution in [2.45, 2.75) is 108 Å². The van der Waals surface area contributed by atoms with Gasteiger partial charge in [0.05, 0.1) is 118 Å². The van der Waals surface area contributed by atoms with Gasteiger partial charge in [0, 0.05) is 30.4 Å². The van der Waals surface area contributed by atoms with Crippen LogP contribution >= 0.6 is 11.8 Å². The fraction of sp³-hybridized carbons (Fsp3) is 0.735. The molecule has 24 nitrogen and oxygen atoms in total. The molecule has 1 aromatic carbocycles. The number of thioether (sulfide) groups is 1. The summed E-state index contributed by atoms with van der Waals surface area (Å²) in [6.07, 6.45) is -2.41. The van der Waals surface area contributed by atoms with Crippen LogP contribution in [-0.4, -0.2) is 213 Å². The molecule has 3 amide bonds. The Balaban J connectivity index is 1.01. The second-order valence-electron chi connectivity index (χ2n) is 16.8. The summed E-state index contributed by atoms with van der Waals surface area (Å²) in [5.41, 5.74) is 1.03. The molecule has 2 fully saturated rings. The van der Waals surface area contributed by atoms with Gasteiger partial charge in [-0.3, -0.25) is 9.59 Å². The molecule has 0 radical (unpaired) electrons. The SMILES string of the molecule is C[C@H](OC(=O)CCCC[C@@H]1SC[C@@H]2NC(=O)N[C@@H]21)C(=O)O[C@@H](C)C(=O)O[C@@H](C)C(=O)O[C@@H](C)C(=O)OCCOCCOCCOCCOCCOCCOCCOCCOCCC(=O)NCCc1ccc(O)cc1. The van der Waals surface area contributed by atoms with Crippen LogP contribution in [0.3, 0.4) is 0 Å². The van der Waals surface area contributed by atoms with E-state index >= 15 is 0 Å². The molecule has 3 rings (SSSR count). The average molecular weight is 1080 g/mol. The first-order valence-electron chi connectivity index (χ1n) is 25.1. The van der Waals surface area contributed by atoms with Crippen LogP contribution in [0.25, 0.3) is 0 Å². The minimum atomic E-state index is -1.45. The molecule has 2 saturated heterocycles. The van der Waals surface area contributed by atoms with E-state index in [9.17, 15) is 38.7 Å². The van der Waals surface area contributed by atoms with E-state index in [0.29, 0.717) is 105 Å². The lowest BCUT2D eigenvalue weighted by Gasteiger charge is -2.19. The maximum atomic E-state index is 12.5. The number of hydrogen-bond donors (Lipinski definition) is 4. The average Bonchev–Trinajstić information content (AvgIpc) is 3.93. The molecule has 0 saturated carbocycles. The highest BCUT2D eigenvalue weighted by Gasteiger charge is 2.42. The summed E-state index contributed by atoms with van der Waals surface area (Å²) < 4.78 is 69.0. The molecule has 0 unspecified atom stereocenters. The normalized spacial score (nSPS) is 17.5. The van der Waals surface area contributed by atoms with Gasteiger partial charge >= 0.3 is 35.9 Å². The zero-order valence-electron chi connectivity index (χ0n) is 43.0. The Bertz CT molecular complexity index is 1800. The molecule has 0 aromatic heterocycles. The predicted octanol–water partition coefficient (Wildman–Crippen LogP) is 1.57. The molecule has 2 aliphatic rings. The number of aromatic hydroxyl groups is 1. The van der Waals surface area contributed by atoms with E-state index in [-0.39, 0.29) is 74.3 Å². The highest BCUT2D eigenvalue weighted by atomic mass is 32.2. The largest absolute Gasteiger partial charge is 0.508 e. The molecule has 0 spiro atoms. The van der Waals surface area contributed by atoms with Crippen LogP contribution in [0, 0.1) is 0 Å². The molecule has 25 heteroatoms. The molecule has 7 atom stereocenters. The molecular weight excluding hydrogens is 999 g/mol. The van der Waals surface area contributed by atoms with Crippen LogP contribution in [0.5, 0.6) is 5.75 Å². The summed E-state index contributed by atoms with van der Waals surface area (Å²) in [6, 6.07) is 6.92. The monoisotopic (exact) mass is 1080 g/mol. The number of amides is 3. The topological polar surface area (TPSA) is 296 Å². The van der Waals surface area contributed by atoms with Crippen LogP contribution in [0.1, 0.15) is 65.4 Å². The smallest absolute Gasteiger partial charge is 0.347 e. The predicted molar refractivity (Wildman–Crippen MR) is 263 cm³/mol. The molecule has 0 aliphatic carbocycles. The first kappa shape index (κ1) is 63.4. The lowest BCUT2D eigenvalue weighted by molar-refractivity contribution is -0.185. The maximum Gasteiger partial charge on any atom is 0.347 e. The van der Waals surface area contributed by atoms with E-state index in [2.05, 4.69) is 16.0 Å². The molecule has 0 bridgehead atoms. The Labute approximate surface area is 436 Å². The van der Waals surface area contributed by atoms with Crippen molar-refractivity contribution >= 4 is 53.5 Å². The lowest BCUT2D eigenvalue weighted by atomic mass is 10.0. The zero-order valence-corrected chi connectivity index (χ0v) is 43.9. The fourth-order valence-corrected chi connectivity index (χ4v) is 8.28. The van der Waals surface area contributed by atoms with E-state index in [4.69, 9.17) is 61.6 Å². The Morgan fingerprint density at radius 3 is 1.49 bits per heavy atom. The Hall–Kier alpha value is -4.86. The summed E-state index contributed by atoms with van der Waals surface area (Å²) in [5, 5.41) is 18.2. The van der Waals surface area contributed by atoms with Crippen molar-refractivity contribution in [1.29, 1.82) is 0 Å². The number of urea groups is 1. The minimum Gasteiger partial charge on any atom is -0.508 e. The summed E-state index contributed by atoms with van der Waals surface area (Å²) in [6.45, 7) is 11.1. The number of hydrogen-bond acceptors (Lipinski definition) is 22. The number of phenols is 1. The number of esters is 5. The van der Waals surface area contributed by atoms with E-state index in [0.717, 1.165) is 24.2 Å². The minimum absolute atomic E-state index is 0.0634. The zero-order chi connectivity index (χ0) is 53.8. The van der Waals surface area contributed by atoms with Crippen molar-refractivity contribution in [1.82, 2.24) is 16.0 Å². The van der Waals surface area contributed by atoms with E-state index in [1.54, 1.807) is 23.9 Å². The Morgan fingerprint density at radius 2 is 1.00 bits per heavy atom. The molecule has 2 heterocycles. The van der Waals surface area contributed by atoms with Gasteiger partial charge in [0.25, 0.3) is 0 Å². The van der Waals surface area contributed by atoms with Crippen molar-refractivity contribution in [2.75, 3.05) is 125 Å². The summed E-state index contributed by atoms with van der Waals surface area (Å²) in [7, 11) is 0. The highest BCUT2D eigenvalue weighted by Crippen LogP contribution is 2.33. The van der Waals surface area contributed by atoms with Gasteiger partial charge in [0.2, 0.25) is 5.91 Å². The number of nitrogens with one attached hydrogen (secondary N) is 3. The first-order chi connectivity index (χ1) is 35.7. The molecule has 4 N–H and O–H groups in total. The summed E-state index contributed by atoms with van der Waals surface area (Å²) >= 11 is 1.78. The first-order valence-corrected chi connectivity index (χ1v) is 26.1. The van der Waals surface area contributed by atoms with E-state index in [1.165, 1.54) is 27.7 Å². The number of unbranched alkanes of at least 4 members (excludes halogenated alkanes) is 1. The number of rotatable bonds is 43. The van der Waals surface area contributed by atoms with Crippen LogP contribution in [-0.2, 0) is 96.8 Å². The molecule has 1 aromatic rings. The molecule has 2 aliphatic heterocycles. The van der Waals surface area contributed by atoms with Gasteiger partial charge in [-0.1, -0.05) is 18.6 Å². The van der Waals surface area contributed by atoms with Crippen LogP contribution in [0.15, 0.2) is 24.3 Å². The Morgan fingerprint density at radius 1 is 0.568 bits per heavy atom. The second-order valence-corrected chi connectivity index (χ2v) is 18.1. The van der Waals surface area contributed by atoms with Crippen molar-refractivity contribution in [3.8, 4) is 5.75 Å². The number of carbonyl (C=O) groups excluding carboxylic acids is 7. The third-order valence-corrected chi connectivity index (χ3v) is 12.3. The Kier molecular flexibility index (Phi) is 33.1. The molecule has 420 valence electrons. The van der Waals surface area contributed by atoms with Gasteiger partial charge in [-0.15, -0.1) is 0 Å². The van der Waals surface area contributed by atoms with E-state index < -0.39 is 54.3 Å². The quantitative estimate of drug-likeness (QED) is 0.0312. The second kappa shape index (κ2) is 38.7. The van der Waals surface area contributed by atoms with Gasteiger partial charge in [0.1, 0.15) is 12.4 Å². The highest BCUT2D eigenvalue weighted by molar-refractivity contribution is 8.00. The van der Waals surface area contributed by atoms with Crippen molar-refractivity contribution < 1.29 is 100 Å². The van der Waals surface area contributed by atoms with Gasteiger partial charge in [-0.05, 0) is 64.7 Å². The van der Waals surface area contributed by atoms with Crippen molar-refractivity contribution in [3.05, 3.63) is 29.8 Å². The van der Waals surface area contributed by atoms with Gasteiger partial charge in [0.15, 0.2) is 24.4 Å². The van der Waals surface area contributed by atoms with Crippen LogP contribution in [0.2, 0.25) is 0 Å². The lowest BCUT2D eigenvalue weighted by Crippen LogP contribution is -2.37. The summed E-state index contributed by atoms with van der Waals surface area (Å²) in [5.74, 6) is -3.56. The van der Waals surface area contributed by atoms with Gasteiger partial charge in [-0.25, -0.2) is 24.0 Å². The van der Waals surface area contributed by atoms with Crippen LogP contribution in [0.4, 0.5) is 4.79 Å². The fourth-order valence-electron chi connectivity index (χ4n) is 6.74. The standard InChI is InChI=1S/C49H77N3O21S/c1-34(71-47(58)36(3)73-48(59)37(4)72-46(57)35(2)70-43(55)8-6-5-7-41-44-40(33-74-41)51-49(60)52-44)45(56)69-32-31-68-30-29-67-28-27-66-26-25-65-24-23-64-22-21-63-20-19-62-18-17-61-16-14-42(54)50-15-13-38-9-11-39(53)12-10-38/h9-12,34-37,40-41,44,53H,5-8,13-33H2,1-4H3,(H,50,54)(H2,51,52,60)/t34-,35-,36-,37-,40-,41-,44-/m0/s1. The number of carbonyl (C=O) groups is 7.